The fourth-order valence-electron chi connectivity index (χ4n) is 1.82. The smallest absolute Gasteiger partial charge is 0.344 e. The predicted molar refractivity (Wildman–Crippen MR) is 86.6 cm³/mol. The largest absolute Gasteiger partial charge is 0.482 e. The topological polar surface area (TPSA) is 81.7 Å². The number of hydrogen-bond donors (Lipinski definition) is 1. The minimum absolute atomic E-state index is 0.313. The Morgan fingerprint density at radius 2 is 1.67 bits per heavy atom. The number of rotatable bonds is 8. The van der Waals surface area contributed by atoms with Gasteiger partial charge in [0.25, 0.3) is 5.91 Å². The van der Waals surface area contributed by atoms with Gasteiger partial charge in [-0.05, 0) is 29.8 Å². The highest BCUT2D eigenvalue weighted by molar-refractivity contribution is 5.81. The van der Waals surface area contributed by atoms with E-state index in [0.717, 1.165) is 5.56 Å². The van der Waals surface area contributed by atoms with Gasteiger partial charge in [-0.25, -0.2) is 4.79 Å². The van der Waals surface area contributed by atoms with Gasteiger partial charge in [-0.2, -0.15) is 0 Å². The predicted octanol–water partition coefficient (Wildman–Crippen LogP) is 1.74. The van der Waals surface area contributed by atoms with Crippen LogP contribution >= 0.6 is 0 Å². The summed E-state index contributed by atoms with van der Waals surface area (Å²) >= 11 is 0. The Balaban J connectivity index is 1.64. The maximum absolute atomic E-state index is 11.6. The summed E-state index contributed by atoms with van der Waals surface area (Å²) in [6, 6.07) is 15.7. The zero-order valence-electron chi connectivity index (χ0n) is 12.9. The van der Waals surface area contributed by atoms with Gasteiger partial charge in [-0.1, -0.05) is 30.3 Å². The summed E-state index contributed by atoms with van der Waals surface area (Å²) in [6.07, 6.45) is 0.714. The van der Waals surface area contributed by atoms with E-state index in [1.807, 2.05) is 30.3 Å². The van der Waals surface area contributed by atoms with Crippen LogP contribution < -0.4 is 10.1 Å². The molecule has 0 aliphatic rings. The summed E-state index contributed by atoms with van der Waals surface area (Å²) in [7, 11) is 0. The normalized spacial score (nSPS) is 9.83. The lowest BCUT2D eigenvalue weighted by atomic mass is 10.2. The second kappa shape index (κ2) is 9.09. The van der Waals surface area contributed by atoms with E-state index in [9.17, 15) is 14.4 Å². The first-order valence-electron chi connectivity index (χ1n) is 7.31. The Labute approximate surface area is 139 Å². The molecule has 6 heteroatoms. The van der Waals surface area contributed by atoms with E-state index in [0.29, 0.717) is 24.1 Å². The summed E-state index contributed by atoms with van der Waals surface area (Å²) in [5, 5.41) is 2.65. The lowest BCUT2D eigenvalue weighted by Crippen LogP contribution is -2.29. The van der Waals surface area contributed by atoms with Gasteiger partial charge in [0, 0.05) is 12.1 Å². The number of hydrogen-bond acceptors (Lipinski definition) is 5. The van der Waals surface area contributed by atoms with Crippen LogP contribution in [0.4, 0.5) is 0 Å². The third-order valence-electron chi connectivity index (χ3n) is 3.07. The molecule has 0 saturated heterocycles. The fraction of sp³-hybridized carbons (Fsp3) is 0.167. The third kappa shape index (κ3) is 5.92. The van der Waals surface area contributed by atoms with Gasteiger partial charge in [-0.15, -0.1) is 0 Å². The fourth-order valence-corrected chi connectivity index (χ4v) is 1.82. The minimum atomic E-state index is -0.649. The van der Waals surface area contributed by atoms with Gasteiger partial charge in [0.2, 0.25) is 0 Å². The number of carbonyl (C=O) groups is 3. The summed E-state index contributed by atoms with van der Waals surface area (Å²) in [6.45, 7) is -0.303. The van der Waals surface area contributed by atoms with E-state index in [-0.39, 0.29) is 19.1 Å². The van der Waals surface area contributed by atoms with Crippen LogP contribution in [0.25, 0.3) is 0 Å². The monoisotopic (exact) mass is 327 g/mol. The van der Waals surface area contributed by atoms with E-state index in [4.69, 9.17) is 9.47 Å². The summed E-state index contributed by atoms with van der Waals surface area (Å²) in [4.78, 5) is 33.7. The zero-order chi connectivity index (χ0) is 17.2. The first-order valence-corrected chi connectivity index (χ1v) is 7.31. The molecule has 0 aromatic heterocycles. The molecule has 0 unspecified atom stereocenters. The van der Waals surface area contributed by atoms with Crippen molar-refractivity contribution in [3.8, 4) is 5.75 Å². The molecule has 124 valence electrons. The standard InChI is InChI=1S/C18H17NO5/c20-11-15-6-8-16(9-7-15)23-13-18(22)24-12-17(21)19-10-14-4-2-1-3-5-14/h1-9,11H,10,12-13H2,(H,19,21). The second-order valence-electron chi connectivity index (χ2n) is 4.90. The average Bonchev–Trinajstić information content (AvgIpc) is 2.64. The molecule has 0 fully saturated rings. The van der Waals surface area contributed by atoms with E-state index in [1.54, 1.807) is 24.3 Å². The van der Waals surface area contributed by atoms with E-state index in [1.165, 1.54) is 0 Å². The molecule has 1 amide bonds. The lowest BCUT2D eigenvalue weighted by molar-refractivity contribution is -0.150. The molecule has 2 aromatic rings. The highest BCUT2D eigenvalue weighted by atomic mass is 16.6. The Morgan fingerprint density at radius 3 is 2.33 bits per heavy atom. The van der Waals surface area contributed by atoms with Crippen LogP contribution in [0.15, 0.2) is 54.6 Å². The van der Waals surface area contributed by atoms with Crippen LogP contribution in [0, 0.1) is 0 Å². The molecule has 0 spiro atoms. The van der Waals surface area contributed by atoms with Crippen molar-refractivity contribution < 1.29 is 23.9 Å². The van der Waals surface area contributed by atoms with Gasteiger partial charge < -0.3 is 14.8 Å². The molecule has 0 saturated carbocycles. The molecule has 1 N–H and O–H groups in total. The number of ether oxygens (including phenoxy) is 2. The van der Waals surface area contributed by atoms with Crippen LogP contribution in [0.2, 0.25) is 0 Å². The molecular formula is C18H17NO5. The van der Waals surface area contributed by atoms with E-state index in [2.05, 4.69) is 5.32 Å². The zero-order valence-corrected chi connectivity index (χ0v) is 12.9. The molecule has 6 nitrogen and oxygen atoms in total. The third-order valence-corrected chi connectivity index (χ3v) is 3.07. The van der Waals surface area contributed by atoms with Gasteiger partial charge in [0.05, 0.1) is 0 Å². The minimum Gasteiger partial charge on any atom is -0.482 e. The highest BCUT2D eigenvalue weighted by Gasteiger charge is 2.08. The van der Waals surface area contributed by atoms with Crippen molar-refractivity contribution in [2.75, 3.05) is 13.2 Å². The number of esters is 1. The van der Waals surface area contributed by atoms with Crippen molar-refractivity contribution >= 4 is 18.2 Å². The van der Waals surface area contributed by atoms with Gasteiger partial charge in [-0.3, -0.25) is 9.59 Å². The molecule has 0 heterocycles. The molecule has 0 radical (unpaired) electrons. The molecule has 0 aliphatic heterocycles. The quantitative estimate of drug-likeness (QED) is 0.590. The van der Waals surface area contributed by atoms with Crippen molar-refractivity contribution in [1.82, 2.24) is 5.32 Å². The number of amides is 1. The van der Waals surface area contributed by atoms with E-state index < -0.39 is 5.97 Å². The average molecular weight is 327 g/mol. The molecule has 24 heavy (non-hydrogen) atoms. The second-order valence-corrected chi connectivity index (χ2v) is 4.90. The van der Waals surface area contributed by atoms with Gasteiger partial charge in [0.1, 0.15) is 12.0 Å². The first kappa shape index (κ1) is 17.2. The van der Waals surface area contributed by atoms with Crippen LogP contribution in [0.3, 0.4) is 0 Å². The molecular weight excluding hydrogens is 310 g/mol. The maximum atomic E-state index is 11.6. The van der Waals surface area contributed by atoms with Gasteiger partial charge >= 0.3 is 5.97 Å². The summed E-state index contributed by atoms with van der Waals surface area (Å²) in [5.74, 6) is -0.599. The highest BCUT2D eigenvalue weighted by Crippen LogP contribution is 2.10. The molecule has 0 atom stereocenters. The van der Waals surface area contributed by atoms with Gasteiger partial charge in [0.15, 0.2) is 13.2 Å². The summed E-state index contributed by atoms with van der Waals surface area (Å²) < 4.78 is 10.0. The van der Waals surface area contributed by atoms with Crippen molar-refractivity contribution in [2.45, 2.75) is 6.54 Å². The molecule has 2 aromatic carbocycles. The van der Waals surface area contributed by atoms with Crippen LogP contribution in [0.1, 0.15) is 15.9 Å². The molecule has 0 bridgehead atoms. The van der Waals surface area contributed by atoms with Crippen molar-refractivity contribution in [2.24, 2.45) is 0 Å². The number of nitrogens with one attached hydrogen (secondary N) is 1. The molecule has 2 rings (SSSR count). The van der Waals surface area contributed by atoms with Crippen LogP contribution in [0.5, 0.6) is 5.75 Å². The van der Waals surface area contributed by atoms with Crippen LogP contribution in [-0.4, -0.2) is 31.4 Å². The van der Waals surface area contributed by atoms with Crippen molar-refractivity contribution in [3.63, 3.8) is 0 Å². The van der Waals surface area contributed by atoms with E-state index >= 15 is 0 Å². The number of aldehydes is 1. The van der Waals surface area contributed by atoms with Crippen molar-refractivity contribution in [1.29, 1.82) is 0 Å². The number of benzene rings is 2. The van der Waals surface area contributed by atoms with Crippen molar-refractivity contribution in [3.05, 3.63) is 65.7 Å². The number of carbonyl (C=O) groups excluding carboxylic acids is 3. The Bertz CT molecular complexity index is 682. The Kier molecular flexibility index (Phi) is 6.52. The Morgan fingerprint density at radius 1 is 0.958 bits per heavy atom. The van der Waals surface area contributed by atoms with Crippen LogP contribution in [-0.2, 0) is 20.9 Å². The molecule has 0 aliphatic carbocycles. The first-order chi connectivity index (χ1) is 11.7. The SMILES string of the molecule is O=Cc1ccc(OCC(=O)OCC(=O)NCc2ccccc2)cc1. The maximum Gasteiger partial charge on any atom is 0.344 e. The Hall–Kier alpha value is -3.15. The lowest BCUT2D eigenvalue weighted by Gasteiger charge is -2.08. The summed E-state index contributed by atoms with van der Waals surface area (Å²) in [5.41, 5.74) is 1.47.